The first kappa shape index (κ1) is 12.9. The van der Waals surface area contributed by atoms with Gasteiger partial charge in [-0.3, -0.25) is 10.2 Å². The van der Waals surface area contributed by atoms with Crippen LogP contribution in [0.5, 0.6) is 0 Å². The van der Waals surface area contributed by atoms with Gasteiger partial charge in [-0.15, -0.1) is 0 Å². The number of benzene rings is 1. The maximum absolute atomic E-state index is 13.7. The molecule has 18 heavy (non-hydrogen) atoms. The molecule has 1 fully saturated rings. The number of rotatable bonds is 3. The predicted octanol–water partition coefficient (Wildman–Crippen LogP) is 1.59. The molecule has 0 saturated carbocycles. The zero-order valence-electron chi connectivity index (χ0n) is 9.78. The van der Waals surface area contributed by atoms with Gasteiger partial charge in [0, 0.05) is 17.5 Å². The van der Waals surface area contributed by atoms with E-state index in [1.165, 1.54) is 0 Å². The molecule has 0 bridgehead atoms. The minimum absolute atomic E-state index is 0.109. The lowest BCUT2D eigenvalue weighted by molar-refractivity contribution is -0.138. The van der Waals surface area contributed by atoms with E-state index in [-0.39, 0.29) is 23.9 Å². The van der Waals surface area contributed by atoms with Crippen LogP contribution < -0.4 is 10.9 Å². The number of nitrogens with one attached hydrogen (secondary N) is 2. The first-order valence-electron chi connectivity index (χ1n) is 5.67. The highest BCUT2D eigenvalue weighted by Crippen LogP contribution is 2.32. The van der Waals surface area contributed by atoms with E-state index in [1.807, 2.05) is 0 Å². The molecule has 4 nitrogen and oxygen atoms in total. The maximum Gasteiger partial charge on any atom is 0.303 e. The molecule has 0 spiro atoms. The molecule has 3 atom stereocenters. The lowest BCUT2D eigenvalue weighted by atomic mass is 9.87. The molecule has 1 saturated heterocycles. The second-order valence-electron chi connectivity index (χ2n) is 4.48. The average Bonchev–Trinajstić information content (AvgIpc) is 2.64. The SMILES string of the molecule is CC1NNC(c2cc(F)ccc2F)C1CC(=O)O. The monoisotopic (exact) mass is 256 g/mol. The van der Waals surface area contributed by atoms with Crippen molar-refractivity contribution >= 4 is 5.97 Å². The second kappa shape index (κ2) is 4.99. The number of hydrazine groups is 1. The normalized spacial score (nSPS) is 27.4. The summed E-state index contributed by atoms with van der Waals surface area (Å²) in [4.78, 5) is 10.8. The van der Waals surface area contributed by atoms with E-state index in [0.717, 1.165) is 18.2 Å². The molecule has 0 aromatic heterocycles. The molecule has 6 heteroatoms. The number of hydrogen-bond acceptors (Lipinski definition) is 3. The number of carbonyl (C=O) groups is 1. The Bertz CT molecular complexity index is 467. The van der Waals surface area contributed by atoms with Crippen LogP contribution in [0.25, 0.3) is 0 Å². The van der Waals surface area contributed by atoms with Crippen molar-refractivity contribution in [2.24, 2.45) is 5.92 Å². The maximum atomic E-state index is 13.7. The molecule has 3 N–H and O–H groups in total. The average molecular weight is 256 g/mol. The van der Waals surface area contributed by atoms with E-state index in [0.29, 0.717) is 0 Å². The lowest BCUT2D eigenvalue weighted by Crippen LogP contribution is -2.29. The summed E-state index contributed by atoms with van der Waals surface area (Å²) in [7, 11) is 0. The number of aliphatic carboxylic acids is 1. The Hall–Kier alpha value is -1.53. The molecular formula is C12H14F2N2O2. The van der Waals surface area contributed by atoms with Crippen LogP contribution in [0.4, 0.5) is 8.78 Å². The summed E-state index contributed by atoms with van der Waals surface area (Å²) in [6, 6.07) is 2.51. The number of halogens is 2. The van der Waals surface area contributed by atoms with Gasteiger partial charge in [-0.1, -0.05) is 0 Å². The Morgan fingerprint density at radius 3 is 2.78 bits per heavy atom. The molecule has 1 aromatic rings. The third-order valence-electron chi connectivity index (χ3n) is 3.24. The van der Waals surface area contributed by atoms with Gasteiger partial charge in [-0.25, -0.2) is 14.2 Å². The van der Waals surface area contributed by atoms with Crippen molar-refractivity contribution in [2.75, 3.05) is 0 Å². The Morgan fingerprint density at radius 2 is 2.11 bits per heavy atom. The van der Waals surface area contributed by atoms with E-state index in [2.05, 4.69) is 10.9 Å². The number of hydrogen-bond donors (Lipinski definition) is 3. The summed E-state index contributed by atoms with van der Waals surface area (Å²) in [6.07, 6.45) is -0.109. The van der Waals surface area contributed by atoms with Crippen LogP contribution in [-0.2, 0) is 4.79 Å². The van der Waals surface area contributed by atoms with Crippen molar-refractivity contribution in [3.05, 3.63) is 35.4 Å². The van der Waals surface area contributed by atoms with Crippen molar-refractivity contribution in [3.63, 3.8) is 0 Å². The van der Waals surface area contributed by atoms with Crippen LogP contribution in [-0.4, -0.2) is 17.1 Å². The van der Waals surface area contributed by atoms with Gasteiger partial charge in [0.25, 0.3) is 0 Å². The van der Waals surface area contributed by atoms with Crippen molar-refractivity contribution < 1.29 is 18.7 Å². The van der Waals surface area contributed by atoms with Crippen molar-refractivity contribution in [1.29, 1.82) is 0 Å². The predicted molar refractivity (Wildman–Crippen MR) is 60.6 cm³/mol. The zero-order chi connectivity index (χ0) is 13.3. The first-order valence-corrected chi connectivity index (χ1v) is 5.67. The van der Waals surface area contributed by atoms with E-state index < -0.39 is 23.6 Å². The molecule has 98 valence electrons. The molecule has 0 radical (unpaired) electrons. The summed E-state index contributed by atoms with van der Waals surface area (Å²) in [5.74, 6) is -2.38. The Balaban J connectivity index is 2.30. The van der Waals surface area contributed by atoms with Crippen LogP contribution in [0.15, 0.2) is 18.2 Å². The van der Waals surface area contributed by atoms with Crippen LogP contribution in [0.1, 0.15) is 24.9 Å². The molecule has 1 aromatic carbocycles. The number of carboxylic acids is 1. The van der Waals surface area contributed by atoms with Gasteiger partial charge in [-0.2, -0.15) is 0 Å². The summed E-state index contributed by atoms with van der Waals surface area (Å²) >= 11 is 0. The third-order valence-corrected chi connectivity index (χ3v) is 3.24. The van der Waals surface area contributed by atoms with Gasteiger partial charge < -0.3 is 5.11 Å². The summed E-state index contributed by atoms with van der Waals surface area (Å²) in [5, 5.41) is 8.86. The fourth-order valence-corrected chi connectivity index (χ4v) is 2.28. The lowest BCUT2D eigenvalue weighted by Gasteiger charge is -2.20. The molecule has 1 aliphatic heterocycles. The van der Waals surface area contributed by atoms with Crippen molar-refractivity contribution in [3.8, 4) is 0 Å². The highest BCUT2D eigenvalue weighted by atomic mass is 19.1. The van der Waals surface area contributed by atoms with Gasteiger partial charge in [0.1, 0.15) is 11.6 Å². The Kier molecular flexibility index (Phi) is 3.58. The molecule has 3 unspecified atom stereocenters. The topological polar surface area (TPSA) is 61.4 Å². The zero-order valence-corrected chi connectivity index (χ0v) is 9.78. The van der Waals surface area contributed by atoms with E-state index in [4.69, 9.17) is 5.11 Å². The van der Waals surface area contributed by atoms with Gasteiger partial charge in [0.2, 0.25) is 0 Å². The van der Waals surface area contributed by atoms with Gasteiger partial charge in [-0.05, 0) is 25.1 Å². The minimum atomic E-state index is -0.959. The van der Waals surface area contributed by atoms with Crippen LogP contribution >= 0.6 is 0 Å². The smallest absolute Gasteiger partial charge is 0.303 e. The molecular weight excluding hydrogens is 242 g/mol. The van der Waals surface area contributed by atoms with E-state index in [1.54, 1.807) is 6.92 Å². The number of carboxylic acid groups (broad SMARTS) is 1. The summed E-state index contributed by atoms with van der Waals surface area (Å²) < 4.78 is 26.8. The highest BCUT2D eigenvalue weighted by Gasteiger charge is 2.36. The molecule has 2 rings (SSSR count). The highest BCUT2D eigenvalue weighted by molar-refractivity contribution is 5.67. The fourth-order valence-electron chi connectivity index (χ4n) is 2.28. The van der Waals surface area contributed by atoms with Crippen molar-refractivity contribution in [1.82, 2.24) is 10.9 Å². The van der Waals surface area contributed by atoms with Gasteiger partial charge in [0.15, 0.2) is 0 Å². The van der Waals surface area contributed by atoms with Crippen LogP contribution in [0.3, 0.4) is 0 Å². The fraction of sp³-hybridized carbons (Fsp3) is 0.417. The van der Waals surface area contributed by atoms with Gasteiger partial charge in [0.05, 0.1) is 12.5 Å². The Morgan fingerprint density at radius 1 is 1.39 bits per heavy atom. The molecule has 1 aliphatic rings. The quantitative estimate of drug-likeness (QED) is 0.768. The van der Waals surface area contributed by atoms with Crippen LogP contribution in [0.2, 0.25) is 0 Å². The molecule has 0 amide bonds. The second-order valence-corrected chi connectivity index (χ2v) is 4.48. The summed E-state index contributed by atoms with van der Waals surface area (Å²) in [5.41, 5.74) is 5.84. The molecule has 0 aliphatic carbocycles. The van der Waals surface area contributed by atoms with E-state index in [9.17, 15) is 13.6 Å². The van der Waals surface area contributed by atoms with Crippen molar-refractivity contribution in [2.45, 2.75) is 25.4 Å². The Labute approximate surface area is 103 Å². The van der Waals surface area contributed by atoms with Crippen LogP contribution in [0, 0.1) is 17.6 Å². The molecule has 1 heterocycles. The first-order chi connectivity index (χ1) is 8.49. The summed E-state index contributed by atoms with van der Waals surface area (Å²) in [6.45, 7) is 1.80. The third kappa shape index (κ3) is 2.49. The minimum Gasteiger partial charge on any atom is -0.481 e. The van der Waals surface area contributed by atoms with E-state index >= 15 is 0 Å². The largest absolute Gasteiger partial charge is 0.481 e. The standard InChI is InChI=1S/C12H14F2N2O2/c1-6-8(5-11(17)18)12(16-15-6)9-4-7(13)2-3-10(9)14/h2-4,6,8,12,15-16H,5H2,1H3,(H,17,18). The van der Waals surface area contributed by atoms with Gasteiger partial charge >= 0.3 is 5.97 Å².